The van der Waals surface area contributed by atoms with Gasteiger partial charge < -0.3 is 20.7 Å². The summed E-state index contributed by atoms with van der Waals surface area (Å²) in [4.78, 5) is 16.4. The topological polar surface area (TPSA) is 82.2 Å². The van der Waals surface area contributed by atoms with E-state index in [-0.39, 0.29) is 17.7 Å². The van der Waals surface area contributed by atoms with Gasteiger partial charge in [-0.3, -0.25) is 4.79 Å². The summed E-state index contributed by atoms with van der Waals surface area (Å²) in [5.41, 5.74) is 5.63. The van der Waals surface area contributed by atoms with Crippen molar-refractivity contribution in [2.24, 2.45) is 22.7 Å². The Morgan fingerprint density at radius 1 is 1.58 bits per heavy atom. The van der Waals surface area contributed by atoms with Crippen LogP contribution in [0.1, 0.15) is 26.7 Å². The number of rotatable bonds is 5. The van der Waals surface area contributed by atoms with Crippen LogP contribution < -0.4 is 5.73 Å². The lowest BCUT2D eigenvalue weighted by molar-refractivity contribution is -0.133. The number of carbonyl (C=O) groups is 1. The number of likely N-dealkylation sites (N-methyl/N-ethyl adjacent to an activating group) is 2. The van der Waals surface area contributed by atoms with Crippen molar-refractivity contribution in [1.29, 1.82) is 0 Å². The normalized spacial score (nSPS) is 22.8. The van der Waals surface area contributed by atoms with E-state index in [4.69, 9.17) is 10.9 Å². The number of likely N-dealkylation sites (tertiary alicyclic amines) is 1. The first-order valence-electron chi connectivity index (χ1n) is 6.81. The Bertz CT molecular complexity index is 344. The van der Waals surface area contributed by atoms with Gasteiger partial charge in [0.15, 0.2) is 5.84 Å². The summed E-state index contributed by atoms with van der Waals surface area (Å²) in [5.74, 6) is -0.633. The summed E-state index contributed by atoms with van der Waals surface area (Å²) in [6, 6.07) is 0.411. The van der Waals surface area contributed by atoms with E-state index in [0.29, 0.717) is 12.6 Å². The molecule has 1 fully saturated rings. The van der Waals surface area contributed by atoms with E-state index in [0.717, 1.165) is 13.0 Å². The molecule has 1 aliphatic rings. The Labute approximate surface area is 115 Å². The number of amides is 1. The second-order valence-electron chi connectivity index (χ2n) is 5.74. The molecule has 0 aromatic rings. The third-order valence-electron chi connectivity index (χ3n) is 3.90. The highest BCUT2D eigenvalue weighted by Gasteiger charge is 2.31. The number of nitrogens with zero attached hydrogens (tertiary/aromatic N) is 3. The molecule has 2 unspecified atom stereocenters. The Hall–Kier alpha value is -1.30. The lowest BCUT2D eigenvalue weighted by atomic mass is 9.93. The highest BCUT2D eigenvalue weighted by Crippen LogP contribution is 2.18. The predicted octanol–water partition coefficient (Wildman–Crippen LogP) is 0.558. The fourth-order valence-corrected chi connectivity index (χ4v) is 2.67. The molecule has 1 aliphatic heterocycles. The average Bonchev–Trinajstić information content (AvgIpc) is 2.74. The average molecular weight is 270 g/mol. The van der Waals surface area contributed by atoms with Crippen LogP contribution in [0.5, 0.6) is 0 Å². The maximum absolute atomic E-state index is 12.4. The summed E-state index contributed by atoms with van der Waals surface area (Å²) in [7, 11) is 3.87. The van der Waals surface area contributed by atoms with Gasteiger partial charge in [0, 0.05) is 19.6 Å². The van der Waals surface area contributed by atoms with Crippen molar-refractivity contribution in [2.45, 2.75) is 32.7 Å². The molecule has 1 heterocycles. The molecule has 0 aliphatic carbocycles. The molecule has 6 heteroatoms. The van der Waals surface area contributed by atoms with Gasteiger partial charge >= 0.3 is 0 Å². The molecule has 1 amide bonds. The molecule has 110 valence electrons. The van der Waals surface area contributed by atoms with Gasteiger partial charge in [-0.1, -0.05) is 19.0 Å². The minimum absolute atomic E-state index is 0.00663. The minimum atomic E-state index is -0.554. The smallest absolute Gasteiger partial charge is 0.233 e. The zero-order valence-electron chi connectivity index (χ0n) is 12.3. The Morgan fingerprint density at radius 3 is 2.63 bits per heavy atom. The maximum Gasteiger partial charge on any atom is 0.233 e. The maximum atomic E-state index is 12.4. The first-order chi connectivity index (χ1) is 8.88. The second-order valence-corrected chi connectivity index (χ2v) is 5.74. The predicted molar refractivity (Wildman–Crippen MR) is 75.0 cm³/mol. The first-order valence-corrected chi connectivity index (χ1v) is 6.81. The molecule has 3 N–H and O–H groups in total. The molecule has 0 saturated carbocycles. The van der Waals surface area contributed by atoms with Crippen molar-refractivity contribution in [2.75, 3.05) is 27.2 Å². The van der Waals surface area contributed by atoms with Crippen LogP contribution in [0.25, 0.3) is 0 Å². The fourth-order valence-electron chi connectivity index (χ4n) is 2.67. The molecule has 0 spiro atoms. The van der Waals surface area contributed by atoms with E-state index < -0.39 is 5.92 Å². The summed E-state index contributed by atoms with van der Waals surface area (Å²) >= 11 is 0. The second kappa shape index (κ2) is 6.75. The van der Waals surface area contributed by atoms with Crippen molar-refractivity contribution in [3.8, 4) is 0 Å². The van der Waals surface area contributed by atoms with Crippen molar-refractivity contribution < 1.29 is 10.0 Å². The van der Waals surface area contributed by atoms with Crippen molar-refractivity contribution in [3.63, 3.8) is 0 Å². The van der Waals surface area contributed by atoms with Crippen LogP contribution in [0.2, 0.25) is 0 Å². The first kappa shape index (κ1) is 15.8. The zero-order chi connectivity index (χ0) is 14.6. The molecule has 0 aromatic heterocycles. The third-order valence-corrected chi connectivity index (χ3v) is 3.90. The van der Waals surface area contributed by atoms with Crippen LogP contribution in [0.15, 0.2) is 5.16 Å². The van der Waals surface area contributed by atoms with Crippen LogP contribution in [-0.4, -0.2) is 60.0 Å². The standard InChI is InChI=1S/C13H26N4O2/c1-9(2)11(12(14)15-19)13(18)17(4)8-10-6-5-7-16(10)3/h9-11,19H,5-8H2,1-4H3,(H2,14,15). The molecule has 2 atom stereocenters. The van der Waals surface area contributed by atoms with Crippen LogP contribution in [0, 0.1) is 11.8 Å². The summed E-state index contributed by atoms with van der Waals surface area (Å²) in [6.07, 6.45) is 2.29. The van der Waals surface area contributed by atoms with Crippen LogP contribution in [-0.2, 0) is 4.79 Å². The summed E-state index contributed by atoms with van der Waals surface area (Å²) in [6.45, 7) is 5.57. The molecule has 1 saturated heterocycles. The van der Waals surface area contributed by atoms with E-state index in [1.165, 1.54) is 6.42 Å². The largest absolute Gasteiger partial charge is 0.409 e. The van der Waals surface area contributed by atoms with Gasteiger partial charge in [-0.25, -0.2) is 0 Å². The van der Waals surface area contributed by atoms with Gasteiger partial charge in [-0.2, -0.15) is 0 Å². The molecule has 0 bridgehead atoms. The fraction of sp³-hybridized carbons (Fsp3) is 0.846. The van der Waals surface area contributed by atoms with Gasteiger partial charge in [0.1, 0.15) is 5.92 Å². The van der Waals surface area contributed by atoms with Crippen LogP contribution in [0.4, 0.5) is 0 Å². The van der Waals surface area contributed by atoms with E-state index >= 15 is 0 Å². The zero-order valence-corrected chi connectivity index (χ0v) is 12.3. The number of amidine groups is 1. The summed E-state index contributed by atoms with van der Waals surface area (Å²) in [5, 5.41) is 11.8. The number of hydrogen-bond donors (Lipinski definition) is 2. The van der Waals surface area contributed by atoms with E-state index in [2.05, 4.69) is 17.1 Å². The number of hydrogen-bond acceptors (Lipinski definition) is 4. The van der Waals surface area contributed by atoms with Crippen LogP contribution >= 0.6 is 0 Å². The Kier molecular flexibility index (Phi) is 5.60. The molecule has 19 heavy (non-hydrogen) atoms. The third kappa shape index (κ3) is 3.83. The van der Waals surface area contributed by atoms with Crippen molar-refractivity contribution in [3.05, 3.63) is 0 Å². The minimum Gasteiger partial charge on any atom is -0.409 e. The van der Waals surface area contributed by atoms with Gasteiger partial charge in [0.2, 0.25) is 5.91 Å². The highest BCUT2D eigenvalue weighted by molar-refractivity contribution is 6.02. The van der Waals surface area contributed by atoms with E-state index in [9.17, 15) is 4.79 Å². The lowest BCUT2D eigenvalue weighted by Crippen LogP contribution is -2.46. The summed E-state index contributed by atoms with van der Waals surface area (Å²) < 4.78 is 0. The van der Waals surface area contributed by atoms with Gasteiger partial charge in [0.25, 0.3) is 0 Å². The number of oxime groups is 1. The number of nitrogens with two attached hydrogens (primary N) is 1. The molecule has 0 radical (unpaired) electrons. The SMILES string of the molecule is CC(C)C(C(=O)N(C)CC1CCCN1C)C(N)=NO. The van der Waals surface area contributed by atoms with Gasteiger partial charge in [0.05, 0.1) is 0 Å². The Balaban J connectivity index is 2.68. The highest BCUT2D eigenvalue weighted by atomic mass is 16.4. The number of carbonyl (C=O) groups excluding carboxylic acids is 1. The Morgan fingerprint density at radius 2 is 2.21 bits per heavy atom. The van der Waals surface area contributed by atoms with Crippen molar-refractivity contribution >= 4 is 11.7 Å². The van der Waals surface area contributed by atoms with E-state index in [1.807, 2.05) is 13.8 Å². The molecule has 0 aromatic carbocycles. The van der Waals surface area contributed by atoms with E-state index in [1.54, 1.807) is 11.9 Å². The molecular weight excluding hydrogens is 244 g/mol. The quantitative estimate of drug-likeness (QED) is 0.331. The van der Waals surface area contributed by atoms with Crippen molar-refractivity contribution in [1.82, 2.24) is 9.80 Å². The molecule has 1 rings (SSSR count). The molecular formula is C13H26N4O2. The van der Waals surface area contributed by atoms with Gasteiger partial charge in [-0.05, 0) is 32.4 Å². The lowest BCUT2D eigenvalue weighted by Gasteiger charge is -2.29. The van der Waals surface area contributed by atoms with Crippen LogP contribution in [0.3, 0.4) is 0 Å². The van der Waals surface area contributed by atoms with Gasteiger partial charge in [-0.15, -0.1) is 0 Å². The molecule has 6 nitrogen and oxygen atoms in total. The monoisotopic (exact) mass is 270 g/mol.